The lowest BCUT2D eigenvalue weighted by atomic mass is 10.0. The van der Waals surface area contributed by atoms with E-state index in [4.69, 9.17) is 4.74 Å². The number of benzene rings is 2. The van der Waals surface area contributed by atoms with Crippen LogP contribution in [0.3, 0.4) is 0 Å². The topological polar surface area (TPSA) is 49.9 Å². The number of hydrogen-bond acceptors (Lipinski definition) is 3. The van der Waals surface area contributed by atoms with Crippen LogP contribution in [0.1, 0.15) is 35.6 Å². The molecule has 2 amide bonds. The maximum absolute atomic E-state index is 12.9. The molecule has 0 unspecified atom stereocenters. The Balaban J connectivity index is 1.43. The Bertz CT molecular complexity index is 1020. The predicted octanol–water partition coefficient (Wildman–Crippen LogP) is 4.61. The van der Waals surface area contributed by atoms with Gasteiger partial charge in [0.25, 0.3) is 0 Å². The summed E-state index contributed by atoms with van der Waals surface area (Å²) in [5.41, 5.74) is 2.58. The number of hydrogen-bond donors (Lipinski definition) is 0. The van der Waals surface area contributed by atoms with Gasteiger partial charge >= 0.3 is 12.3 Å². The minimum Gasteiger partial charge on any atom is -0.444 e. The van der Waals surface area contributed by atoms with Crippen molar-refractivity contribution in [3.05, 3.63) is 64.7 Å². The zero-order valence-electron chi connectivity index (χ0n) is 17.8. The summed E-state index contributed by atoms with van der Waals surface area (Å²) >= 11 is 0. The van der Waals surface area contributed by atoms with E-state index < -0.39 is 11.7 Å². The Labute approximate surface area is 184 Å². The molecule has 0 spiro atoms. The maximum atomic E-state index is 12.9. The van der Waals surface area contributed by atoms with Crippen LogP contribution in [0.5, 0.6) is 0 Å². The fourth-order valence-corrected chi connectivity index (χ4v) is 4.22. The van der Waals surface area contributed by atoms with Crippen LogP contribution in [0.25, 0.3) is 0 Å². The van der Waals surface area contributed by atoms with Crippen LogP contribution < -0.4 is 4.90 Å². The number of amides is 2. The number of cyclic esters (lactones) is 1. The van der Waals surface area contributed by atoms with Gasteiger partial charge in [-0.3, -0.25) is 9.69 Å². The number of rotatable bonds is 4. The summed E-state index contributed by atoms with van der Waals surface area (Å²) in [5.74, 6) is -0.189. The van der Waals surface area contributed by atoms with Crippen LogP contribution in [-0.2, 0) is 35.0 Å². The molecule has 170 valence electrons. The van der Waals surface area contributed by atoms with Gasteiger partial charge in [0.15, 0.2) is 0 Å². The SMILES string of the molecule is CC[C@H]1CN(c2ccc3c(c2)CCN(C(=O)Cc2cccc(C(F)(F)F)c2)CC3)C(=O)O1. The van der Waals surface area contributed by atoms with Gasteiger partial charge in [0, 0.05) is 18.8 Å². The predicted molar refractivity (Wildman–Crippen MR) is 113 cm³/mol. The highest BCUT2D eigenvalue weighted by molar-refractivity contribution is 5.90. The zero-order chi connectivity index (χ0) is 22.9. The molecule has 2 heterocycles. The van der Waals surface area contributed by atoms with Crippen LogP contribution in [0.15, 0.2) is 42.5 Å². The molecule has 0 bridgehead atoms. The fourth-order valence-electron chi connectivity index (χ4n) is 4.22. The number of carbonyl (C=O) groups excluding carboxylic acids is 2. The van der Waals surface area contributed by atoms with Gasteiger partial charge in [-0.1, -0.05) is 31.2 Å². The third kappa shape index (κ3) is 4.74. The van der Waals surface area contributed by atoms with Crippen molar-refractivity contribution in [3.63, 3.8) is 0 Å². The average molecular weight is 446 g/mol. The van der Waals surface area contributed by atoms with Gasteiger partial charge in [-0.05, 0) is 54.2 Å². The average Bonchev–Trinajstić information content (AvgIpc) is 3.00. The van der Waals surface area contributed by atoms with Crippen LogP contribution >= 0.6 is 0 Å². The van der Waals surface area contributed by atoms with E-state index in [-0.39, 0.29) is 24.5 Å². The number of halogens is 3. The minimum absolute atomic E-state index is 0.0659. The molecule has 8 heteroatoms. The maximum Gasteiger partial charge on any atom is 0.416 e. The van der Waals surface area contributed by atoms with E-state index in [0.29, 0.717) is 38.0 Å². The monoisotopic (exact) mass is 446 g/mol. The van der Waals surface area contributed by atoms with Crippen molar-refractivity contribution < 1.29 is 27.5 Å². The van der Waals surface area contributed by atoms with Crippen LogP contribution in [0, 0.1) is 0 Å². The Kier molecular flexibility index (Phi) is 6.13. The molecule has 1 fully saturated rings. The molecule has 2 aliphatic rings. The zero-order valence-corrected chi connectivity index (χ0v) is 17.8. The fraction of sp³-hybridized carbons (Fsp3) is 0.417. The molecular weight excluding hydrogens is 421 g/mol. The molecular formula is C24H25F3N2O3. The van der Waals surface area contributed by atoms with E-state index >= 15 is 0 Å². The first-order chi connectivity index (χ1) is 15.2. The lowest BCUT2D eigenvalue weighted by Crippen LogP contribution is -2.34. The molecule has 0 aromatic heterocycles. The number of ether oxygens (including phenoxy) is 1. The molecule has 2 aromatic rings. The molecule has 0 aliphatic carbocycles. The summed E-state index contributed by atoms with van der Waals surface area (Å²) in [7, 11) is 0. The molecule has 2 aromatic carbocycles. The molecule has 5 nitrogen and oxygen atoms in total. The lowest BCUT2D eigenvalue weighted by Gasteiger charge is -2.20. The third-order valence-corrected chi connectivity index (χ3v) is 6.10. The minimum atomic E-state index is -4.43. The summed E-state index contributed by atoms with van der Waals surface area (Å²) in [6, 6.07) is 10.8. The molecule has 0 radical (unpaired) electrons. The van der Waals surface area contributed by atoms with Gasteiger partial charge in [0.1, 0.15) is 6.10 Å². The second-order valence-electron chi connectivity index (χ2n) is 8.23. The first kappa shape index (κ1) is 22.2. The molecule has 1 atom stereocenters. The number of nitrogens with zero attached hydrogens (tertiary/aromatic N) is 2. The van der Waals surface area contributed by atoms with Gasteiger partial charge in [-0.15, -0.1) is 0 Å². The van der Waals surface area contributed by atoms with Crippen molar-refractivity contribution in [2.24, 2.45) is 0 Å². The van der Waals surface area contributed by atoms with Gasteiger partial charge in [-0.2, -0.15) is 13.2 Å². The Morgan fingerprint density at radius 1 is 1.09 bits per heavy atom. The summed E-state index contributed by atoms with van der Waals surface area (Å²) in [6.07, 6.45) is -2.91. The Hall–Kier alpha value is -3.03. The van der Waals surface area contributed by atoms with Crippen molar-refractivity contribution in [2.75, 3.05) is 24.5 Å². The summed E-state index contributed by atoms with van der Waals surface area (Å²) in [6.45, 7) is 3.49. The van der Waals surface area contributed by atoms with Gasteiger partial charge in [0.2, 0.25) is 5.91 Å². The Morgan fingerprint density at radius 3 is 2.53 bits per heavy atom. The quantitative estimate of drug-likeness (QED) is 0.689. The second kappa shape index (κ2) is 8.84. The van der Waals surface area contributed by atoms with Crippen LogP contribution in [-0.4, -0.2) is 42.6 Å². The second-order valence-corrected chi connectivity index (χ2v) is 8.23. The smallest absolute Gasteiger partial charge is 0.416 e. The van der Waals surface area contributed by atoms with Crippen molar-refractivity contribution in [1.29, 1.82) is 0 Å². The van der Waals surface area contributed by atoms with E-state index in [0.717, 1.165) is 35.4 Å². The first-order valence-electron chi connectivity index (χ1n) is 10.8. The van der Waals surface area contributed by atoms with Crippen molar-refractivity contribution in [1.82, 2.24) is 4.90 Å². The van der Waals surface area contributed by atoms with Gasteiger partial charge in [0.05, 0.1) is 18.5 Å². The molecule has 0 N–H and O–H groups in total. The number of alkyl halides is 3. The molecule has 32 heavy (non-hydrogen) atoms. The van der Waals surface area contributed by atoms with Crippen molar-refractivity contribution in [2.45, 2.75) is 44.9 Å². The normalized spacial score (nSPS) is 18.9. The van der Waals surface area contributed by atoms with Gasteiger partial charge < -0.3 is 9.64 Å². The highest BCUT2D eigenvalue weighted by Crippen LogP contribution is 2.30. The van der Waals surface area contributed by atoms with E-state index in [1.165, 1.54) is 6.07 Å². The lowest BCUT2D eigenvalue weighted by molar-refractivity contribution is -0.138. The van der Waals surface area contributed by atoms with E-state index in [2.05, 4.69) is 0 Å². The van der Waals surface area contributed by atoms with E-state index in [1.54, 1.807) is 15.9 Å². The largest absolute Gasteiger partial charge is 0.444 e. The highest BCUT2D eigenvalue weighted by Gasteiger charge is 2.32. The summed E-state index contributed by atoms with van der Waals surface area (Å²) in [4.78, 5) is 28.3. The number of fused-ring (bicyclic) bond motifs is 1. The third-order valence-electron chi connectivity index (χ3n) is 6.10. The Morgan fingerprint density at radius 2 is 1.84 bits per heavy atom. The number of anilines is 1. The van der Waals surface area contributed by atoms with E-state index in [9.17, 15) is 22.8 Å². The summed E-state index contributed by atoms with van der Waals surface area (Å²) < 4.78 is 44.2. The number of carbonyl (C=O) groups is 2. The van der Waals surface area contributed by atoms with Crippen molar-refractivity contribution >= 4 is 17.7 Å². The summed E-state index contributed by atoms with van der Waals surface area (Å²) in [5, 5.41) is 0. The van der Waals surface area contributed by atoms with Gasteiger partial charge in [-0.25, -0.2) is 4.79 Å². The molecule has 4 rings (SSSR count). The van der Waals surface area contributed by atoms with Crippen LogP contribution in [0.4, 0.5) is 23.7 Å². The van der Waals surface area contributed by atoms with Crippen LogP contribution in [0.2, 0.25) is 0 Å². The molecule has 0 saturated carbocycles. The van der Waals surface area contributed by atoms with E-state index in [1.807, 2.05) is 25.1 Å². The van der Waals surface area contributed by atoms with Crippen molar-refractivity contribution in [3.8, 4) is 0 Å². The standard InChI is InChI=1S/C24H25F3N2O3/c1-2-21-15-29(23(31)32-21)20-7-6-17-8-10-28(11-9-18(17)14-20)22(30)13-16-4-3-5-19(12-16)24(25,26)27/h3-7,12,14,21H,2,8-11,13,15H2,1H3/t21-/m0/s1. The highest BCUT2D eigenvalue weighted by atomic mass is 19.4. The molecule has 1 saturated heterocycles. The molecule has 2 aliphatic heterocycles. The first-order valence-corrected chi connectivity index (χ1v) is 10.8.